The van der Waals surface area contributed by atoms with Crippen molar-refractivity contribution in [2.75, 3.05) is 33.8 Å². The highest BCUT2D eigenvalue weighted by Crippen LogP contribution is 2.38. The zero-order chi connectivity index (χ0) is 26.7. The second kappa shape index (κ2) is 14.9. The molecule has 9 heteroatoms. The van der Waals surface area contributed by atoms with Crippen LogP contribution in [0.2, 0.25) is 0 Å². The fraction of sp³-hybridized carbons (Fsp3) is 0.667. The Balaban J connectivity index is 1.93. The first-order chi connectivity index (χ1) is 17.2. The molecule has 36 heavy (non-hydrogen) atoms. The number of para-hydroxylation sites is 1. The third-order valence-corrected chi connectivity index (χ3v) is 6.90. The van der Waals surface area contributed by atoms with Gasteiger partial charge in [0.2, 0.25) is 11.8 Å². The van der Waals surface area contributed by atoms with Gasteiger partial charge in [0.05, 0.1) is 18.7 Å². The van der Waals surface area contributed by atoms with Gasteiger partial charge in [-0.25, -0.2) is 0 Å². The molecule has 4 N–H and O–H groups in total. The number of aldehydes is 1. The molecule has 9 nitrogen and oxygen atoms in total. The standard InChI is InChI=1S/C27H44N4O5/c1-6-23(33)22(17-32)31(5)27(35)26(18(2)3)29-13-14-36-24-10-8-7-9-21(24)19-11-12-20(15-19)30-25(34)16-28-4/h7-10,17-20,22-23,26,28-29,33H,6,11-16H2,1-5H3,(H,30,34). The summed E-state index contributed by atoms with van der Waals surface area (Å²) in [6.07, 6.45) is 2.93. The molecule has 0 heterocycles. The number of carbonyl (C=O) groups is 3. The molecule has 0 spiro atoms. The highest BCUT2D eigenvalue weighted by atomic mass is 16.5. The van der Waals surface area contributed by atoms with Crippen LogP contribution in [0.5, 0.6) is 5.75 Å². The van der Waals surface area contributed by atoms with Gasteiger partial charge in [-0.3, -0.25) is 9.59 Å². The molecule has 1 saturated carbocycles. The number of rotatable bonds is 15. The van der Waals surface area contributed by atoms with Gasteiger partial charge >= 0.3 is 0 Å². The molecule has 1 aliphatic rings. The predicted octanol–water partition coefficient (Wildman–Crippen LogP) is 1.45. The molecule has 1 aromatic carbocycles. The van der Waals surface area contributed by atoms with E-state index in [4.69, 9.17) is 4.74 Å². The normalized spacial score (nSPS) is 20.0. The highest BCUT2D eigenvalue weighted by Gasteiger charge is 2.32. The fourth-order valence-electron chi connectivity index (χ4n) is 4.82. The Hall–Kier alpha value is -2.49. The molecule has 0 saturated heterocycles. The van der Waals surface area contributed by atoms with Gasteiger partial charge in [0.25, 0.3) is 0 Å². The fourth-order valence-corrected chi connectivity index (χ4v) is 4.82. The number of ether oxygens (including phenoxy) is 1. The van der Waals surface area contributed by atoms with E-state index in [9.17, 15) is 19.5 Å². The van der Waals surface area contributed by atoms with E-state index in [0.29, 0.717) is 38.3 Å². The Morgan fingerprint density at radius 1 is 1.25 bits per heavy atom. The van der Waals surface area contributed by atoms with Crippen LogP contribution >= 0.6 is 0 Å². The summed E-state index contributed by atoms with van der Waals surface area (Å²) in [5, 5.41) is 19.3. The molecule has 2 amide bonds. The predicted molar refractivity (Wildman–Crippen MR) is 140 cm³/mol. The number of hydrogen-bond donors (Lipinski definition) is 4. The van der Waals surface area contributed by atoms with Gasteiger partial charge in [0, 0.05) is 19.6 Å². The number of amides is 2. The maximum absolute atomic E-state index is 13.1. The number of benzene rings is 1. The van der Waals surface area contributed by atoms with Crippen LogP contribution < -0.4 is 20.7 Å². The summed E-state index contributed by atoms with van der Waals surface area (Å²) in [7, 11) is 3.32. The molecule has 1 aromatic rings. The highest BCUT2D eigenvalue weighted by molar-refractivity contribution is 5.84. The van der Waals surface area contributed by atoms with Crippen molar-refractivity contribution in [3.63, 3.8) is 0 Å². The van der Waals surface area contributed by atoms with Crippen LogP contribution in [-0.2, 0) is 14.4 Å². The van der Waals surface area contributed by atoms with E-state index in [-0.39, 0.29) is 23.8 Å². The zero-order valence-electron chi connectivity index (χ0n) is 22.3. The maximum Gasteiger partial charge on any atom is 0.240 e. The molecular formula is C27H44N4O5. The lowest BCUT2D eigenvalue weighted by molar-refractivity contribution is -0.141. The van der Waals surface area contributed by atoms with Crippen molar-refractivity contribution >= 4 is 18.1 Å². The quantitative estimate of drug-likeness (QED) is 0.211. The van der Waals surface area contributed by atoms with Crippen molar-refractivity contribution < 1.29 is 24.2 Å². The van der Waals surface area contributed by atoms with Crippen LogP contribution in [0.3, 0.4) is 0 Å². The van der Waals surface area contributed by atoms with Gasteiger partial charge in [-0.15, -0.1) is 0 Å². The van der Waals surface area contributed by atoms with Gasteiger partial charge in [-0.05, 0) is 56.2 Å². The van der Waals surface area contributed by atoms with Crippen molar-refractivity contribution in [2.24, 2.45) is 5.92 Å². The van der Waals surface area contributed by atoms with Crippen molar-refractivity contribution in [1.82, 2.24) is 20.9 Å². The van der Waals surface area contributed by atoms with Crippen LogP contribution in [0.1, 0.15) is 57.9 Å². The van der Waals surface area contributed by atoms with Crippen molar-refractivity contribution in [3.05, 3.63) is 29.8 Å². The van der Waals surface area contributed by atoms with E-state index >= 15 is 0 Å². The summed E-state index contributed by atoms with van der Waals surface area (Å²) >= 11 is 0. The number of hydrogen-bond acceptors (Lipinski definition) is 7. The number of nitrogens with zero attached hydrogens (tertiary/aromatic N) is 1. The molecule has 0 radical (unpaired) electrons. The van der Waals surface area contributed by atoms with Crippen LogP contribution in [0.15, 0.2) is 24.3 Å². The van der Waals surface area contributed by atoms with Crippen LogP contribution in [-0.4, -0.2) is 86.1 Å². The SMILES string of the molecule is CCC(O)C(C=O)N(C)C(=O)C(NCCOc1ccccc1C1CCC(NC(=O)CNC)C1)C(C)C. The lowest BCUT2D eigenvalue weighted by atomic mass is 9.96. The molecule has 0 aromatic heterocycles. The third kappa shape index (κ3) is 8.28. The van der Waals surface area contributed by atoms with Crippen LogP contribution in [0.25, 0.3) is 0 Å². The topological polar surface area (TPSA) is 120 Å². The molecular weight excluding hydrogens is 460 g/mol. The largest absolute Gasteiger partial charge is 0.492 e. The molecule has 0 bridgehead atoms. The van der Waals surface area contributed by atoms with Gasteiger partial charge in [-0.1, -0.05) is 39.0 Å². The Kier molecular flexibility index (Phi) is 12.3. The number of aliphatic hydroxyl groups excluding tert-OH is 1. The molecule has 5 unspecified atom stereocenters. The van der Waals surface area contributed by atoms with Crippen LogP contribution in [0, 0.1) is 5.92 Å². The summed E-state index contributed by atoms with van der Waals surface area (Å²) in [5.74, 6) is 0.919. The van der Waals surface area contributed by atoms with E-state index in [0.717, 1.165) is 30.6 Å². The van der Waals surface area contributed by atoms with Crippen molar-refractivity contribution in [3.8, 4) is 5.75 Å². The van der Waals surface area contributed by atoms with Gasteiger partial charge < -0.3 is 35.5 Å². The van der Waals surface area contributed by atoms with E-state index in [1.54, 1.807) is 21.0 Å². The molecule has 0 aliphatic heterocycles. The van der Waals surface area contributed by atoms with E-state index in [2.05, 4.69) is 22.0 Å². The smallest absolute Gasteiger partial charge is 0.240 e. The minimum atomic E-state index is -0.893. The number of aliphatic hydroxyl groups is 1. The Bertz CT molecular complexity index is 849. The summed E-state index contributed by atoms with van der Waals surface area (Å²) in [4.78, 5) is 37.8. The summed E-state index contributed by atoms with van der Waals surface area (Å²) in [6, 6.07) is 6.79. The summed E-state index contributed by atoms with van der Waals surface area (Å²) < 4.78 is 6.12. The Morgan fingerprint density at radius 2 is 1.97 bits per heavy atom. The van der Waals surface area contributed by atoms with Gasteiger partial charge in [-0.2, -0.15) is 0 Å². The minimum Gasteiger partial charge on any atom is -0.492 e. The zero-order valence-corrected chi connectivity index (χ0v) is 22.3. The minimum absolute atomic E-state index is 0.00755. The van der Waals surface area contributed by atoms with E-state index in [1.165, 1.54) is 4.90 Å². The average molecular weight is 505 g/mol. The lowest BCUT2D eigenvalue weighted by Crippen LogP contribution is -2.54. The summed E-state index contributed by atoms with van der Waals surface area (Å²) in [5.41, 5.74) is 1.14. The average Bonchev–Trinajstić information content (AvgIpc) is 3.32. The molecule has 1 fully saturated rings. The monoisotopic (exact) mass is 504 g/mol. The second-order valence-corrected chi connectivity index (χ2v) is 9.92. The Labute approximate surface area is 215 Å². The molecule has 5 atom stereocenters. The van der Waals surface area contributed by atoms with E-state index in [1.807, 2.05) is 32.0 Å². The maximum atomic E-state index is 13.1. The molecule has 202 valence electrons. The first-order valence-corrected chi connectivity index (χ1v) is 13.0. The third-order valence-electron chi connectivity index (χ3n) is 6.90. The first-order valence-electron chi connectivity index (χ1n) is 13.0. The first kappa shape index (κ1) is 29.7. The van der Waals surface area contributed by atoms with Crippen molar-refractivity contribution in [1.29, 1.82) is 0 Å². The molecule has 1 aliphatic carbocycles. The van der Waals surface area contributed by atoms with E-state index < -0.39 is 18.2 Å². The second-order valence-electron chi connectivity index (χ2n) is 9.92. The number of nitrogens with one attached hydrogen (secondary N) is 3. The van der Waals surface area contributed by atoms with Crippen molar-refractivity contribution in [2.45, 2.75) is 76.6 Å². The Morgan fingerprint density at radius 3 is 2.61 bits per heavy atom. The number of likely N-dealkylation sites (N-methyl/N-ethyl adjacent to an activating group) is 2. The molecule has 2 rings (SSSR count). The number of carbonyl (C=O) groups excluding carboxylic acids is 3. The van der Waals surface area contributed by atoms with Gasteiger partial charge in [0.1, 0.15) is 24.7 Å². The van der Waals surface area contributed by atoms with Crippen LogP contribution in [0.4, 0.5) is 0 Å². The van der Waals surface area contributed by atoms with Gasteiger partial charge in [0.15, 0.2) is 0 Å². The lowest BCUT2D eigenvalue weighted by Gasteiger charge is -2.32. The summed E-state index contributed by atoms with van der Waals surface area (Å²) in [6.45, 7) is 6.80.